The molecule has 41 heavy (non-hydrogen) atoms. The van der Waals surface area contributed by atoms with E-state index >= 15 is 0 Å². The highest BCUT2D eigenvalue weighted by Gasteiger charge is 2.43. The van der Waals surface area contributed by atoms with Crippen molar-refractivity contribution in [2.45, 2.75) is 39.0 Å². The number of ether oxygens (including phenoxy) is 5. The van der Waals surface area contributed by atoms with Crippen LogP contribution in [0, 0.1) is 23.0 Å². The maximum Gasteiger partial charge on any atom is 0.311 e. The minimum Gasteiger partial charge on any atom is -0.493 e. The fourth-order valence-corrected chi connectivity index (χ4v) is 5.32. The molecule has 214 valence electrons. The number of benzene rings is 3. The molecule has 2 aliphatic rings. The van der Waals surface area contributed by atoms with Gasteiger partial charge in [-0.2, -0.15) is 0 Å². The van der Waals surface area contributed by atoms with Gasteiger partial charge in [-0.05, 0) is 43.2 Å². The third-order valence-electron chi connectivity index (χ3n) is 7.31. The molecule has 0 N–H and O–H groups in total. The molecule has 0 saturated carbocycles. The van der Waals surface area contributed by atoms with Crippen molar-refractivity contribution in [3.8, 4) is 17.2 Å². The number of hydrogen-bond acceptors (Lipinski definition) is 9. The summed E-state index contributed by atoms with van der Waals surface area (Å²) in [4.78, 5) is 39.7. The monoisotopic (exact) mass is 562 g/mol. The number of hydrogen-bond donors (Lipinski definition) is 0. The zero-order valence-electron chi connectivity index (χ0n) is 23.0. The predicted octanol–water partition coefficient (Wildman–Crippen LogP) is 5.01. The number of nitrogens with zero attached hydrogens (tertiary/aromatic N) is 2. The van der Waals surface area contributed by atoms with E-state index in [4.69, 9.17) is 23.7 Å². The van der Waals surface area contributed by atoms with Crippen LogP contribution >= 0.6 is 0 Å². The standard InChI is InChI=1S/C30H30N2O9/c1-18-4-7-22(8-5-18)31-27(33)11-9-24(28(31)19-6-10-25(37-2)26(14-19)38-3)30(34)40-16-21-13-23(32(35)36)12-20-15-39-17-41-29(20)21/h4-8,10,12-14,24,28H,9,11,15-17H2,1-3H3/t24-,28-/m1/s1. The number of non-ortho nitro benzene ring substituents is 1. The number of nitro benzene ring substituents is 1. The number of esters is 1. The van der Waals surface area contributed by atoms with Crippen LogP contribution in [0.25, 0.3) is 0 Å². The van der Waals surface area contributed by atoms with Crippen LogP contribution in [0.4, 0.5) is 11.4 Å². The Morgan fingerprint density at radius 3 is 2.54 bits per heavy atom. The van der Waals surface area contributed by atoms with E-state index in [1.807, 2.05) is 31.2 Å². The molecule has 0 bridgehead atoms. The second-order valence-electron chi connectivity index (χ2n) is 9.87. The van der Waals surface area contributed by atoms with Gasteiger partial charge in [0, 0.05) is 35.4 Å². The van der Waals surface area contributed by atoms with Gasteiger partial charge in [0.1, 0.15) is 12.4 Å². The number of methoxy groups -OCH3 is 2. The average molecular weight is 563 g/mol. The number of carbonyl (C=O) groups excluding carboxylic acids is 2. The molecule has 0 aromatic heterocycles. The number of piperidine rings is 1. The van der Waals surface area contributed by atoms with Crippen LogP contribution in [0.3, 0.4) is 0 Å². The van der Waals surface area contributed by atoms with E-state index in [9.17, 15) is 19.7 Å². The van der Waals surface area contributed by atoms with E-state index in [1.54, 1.807) is 23.1 Å². The summed E-state index contributed by atoms with van der Waals surface area (Å²) in [5.74, 6) is -0.0157. The molecule has 5 rings (SSSR count). The van der Waals surface area contributed by atoms with E-state index in [2.05, 4.69) is 0 Å². The van der Waals surface area contributed by atoms with Gasteiger partial charge >= 0.3 is 5.97 Å². The molecule has 1 amide bonds. The van der Waals surface area contributed by atoms with Gasteiger partial charge in [0.2, 0.25) is 5.91 Å². The SMILES string of the molecule is COc1ccc([C@@H]2[C@H](C(=O)OCc3cc([N+](=O)[O-])cc4c3OCOC4)CCC(=O)N2c2ccc(C)cc2)cc1OC. The zero-order valence-corrected chi connectivity index (χ0v) is 23.0. The van der Waals surface area contributed by atoms with Gasteiger partial charge in [-0.3, -0.25) is 19.7 Å². The van der Waals surface area contributed by atoms with Crippen molar-refractivity contribution < 1.29 is 38.2 Å². The first-order valence-electron chi connectivity index (χ1n) is 13.1. The molecule has 11 heteroatoms. The van der Waals surface area contributed by atoms with Crippen LogP contribution in [0.2, 0.25) is 0 Å². The normalized spacial score (nSPS) is 18.2. The Labute approximate surface area is 236 Å². The number of amides is 1. The lowest BCUT2D eigenvalue weighted by Gasteiger charge is -2.40. The van der Waals surface area contributed by atoms with Gasteiger partial charge in [0.05, 0.1) is 37.7 Å². The van der Waals surface area contributed by atoms with E-state index in [0.717, 1.165) is 5.56 Å². The lowest BCUT2D eigenvalue weighted by molar-refractivity contribution is -0.385. The predicted molar refractivity (Wildman–Crippen MR) is 147 cm³/mol. The number of rotatable bonds is 8. The molecular weight excluding hydrogens is 532 g/mol. The summed E-state index contributed by atoms with van der Waals surface area (Å²) in [6.45, 7) is 1.85. The van der Waals surface area contributed by atoms with E-state index < -0.39 is 22.9 Å². The molecule has 0 aliphatic carbocycles. The van der Waals surface area contributed by atoms with Gasteiger partial charge in [-0.25, -0.2) is 0 Å². The molecule has 0 unspecified atom stereocenters. The van der Waals surface area contributed by atoms with Crippen LogP contribution in [0.15, 0.2) is 54.6 Å². The Kier molecular flexibility index (Phi) is 8.06. The molecule has 2 heterocycles. The highest BCUT2D eigenvalue weighted by molar-refractivity contribution is 5.97. The third kappa shape index (κ3) is 5.66. The quantitative estimate of drug-likeness (QED) is 0.211. The van der Waals surface area contributed by atoms with E-state index in [-0.39, 0.29) is 44.4 Å². The Bertz CT molecular complexity index is 1470. The first kappa shape index (κ1) is 27.9. The molecule has 3 aromatic rings. The van der Waals surface area contributed by atoms with Gasteiger partial charge in [-0.15, -0.1) is 0 Å². The Balaban J connectivity index is 1.50. The van der Waals surface area contributed by atoms with Crippen LogP contribution in [0.1, 0.15) is 41.1 Å². The van der Waals surface area contributed by atoms with Gasteiger partial charge in [-0.1, -0.05) is 23.8 Å². The molecule has 2 aliphatic heterocycles. The molecule has 1 saturated heterocycles. The van der Waals surface area contributed by atoms with Crippen molar-refractivity contribution in [3.05, 3.63) is 87.0 Å². The van der Waals surface area contributed by atoms with Crippen molar-refractivity contribution in [2.24, 2.45) is 5.92 Å². The lowest BCUT2D eigenvalue weighted by Crippen LogP contribution is -2.46. The lowest BCUT2D eigenvalue weighted by atomic mass is 9.83. The highest BCUT2D eigenvalue weighted by atomic mass is 16.7. The highest BCUT2D eigenvalue weighted by Crippen LogP contribution is 2.43. The van der Waals surface area contributed by atoms with Crippen molar-refractivity contribution in [1.82, 2.24) is 0 Å². The summed E-state index contributed by atoms with van der Waals surface area (Å²) in [7, 11) is 3.05. The molecule has 0 radical (unpaired) electrons. The summed E-state index contributed by atoms with van der Waals surface area (Å²) in [6, 6.07) is 14.8. The van der Waals surface area contributed by atoms with Crippen molar-refractivity contribution >= 4 is 23.3 Å². The van der Waals surface area contributed by atoms with E-state index in [0.29, 0.717) is 39.6 Å². The summed E-state index contributed by atoms with van der Waals surface area (Å²) >= 11 is 0. The Morgan fingerprint density at radius 2 is 1.83 bits per heavy atom. The van der Waals surface area contributed by atoms with E-state index in [1.165, 1.54) is 26.4 Å². The minimum absolute atomic E-state index is 0.0105. The molecule has 3 aromatic carbocycles. The minimum atomic E-state index is -0.731. The molecular formula is C30H30N2O9. The first-order chi connectivity index (χ1) is 19.8. The number of nitro groups is 1. The molecule has 11 nitrogen and oxygen atoms in total. The van der Waals surface area contributed by atoms with Crippen LogP contribution in [-0.4, -0.2) is 37.8 Å². The second-order valence-corrected chi connectivity index (χ2v) is 9.87. The average Bonchev–Trinajstić information content (AvgIpc) is 2.99. The fraction of sp³-hybridized carbons (Fsp3) is 0.333. The molecule has 0 spiro atoms. The van der Waals surface area contributed by atoms with Crippen LogP contribution in [-0.2, 0) is 32.3 Å². The zero-order chi connectivity index (χ0) is 29.1. The topological polar surface area (TPSA) is 127 Å². The first-order valence-corrected chi connectivity index (χ1v) is 13.1. The summed E-state index contributed by atoms with van der Waals surface area (Å²) in [6.07, 6.45) is 0.403. The molecule has 2 atom stereocenters. The number of anilines is 1. The smallest absolute Gasteiger partial charge is 0.311 e. The summed E-state index contributed by atoms with van der Waals surface area (Å²) in [5.41, 5.74) is 3.08. The van der Waals surface area contributed by atoms with Gasteiger partial charge in [0.15, 0.2) is 18.3 Å². The Hall–Kier alpha value is -4.64. The number of fused-ring (bicyclic) bond motifs is 1. The maximum atomic E-state index is 13.7. The maximum absolute atomic E-state index is 13.7. The summed E-state index contributed by atoms with van der Waals surface area (Å²) in [5, 5.41) is 11.5. The number of carbonyl (C=O) groups is 2. The van der Waals surface area contributed by atoms with Crippen molar-refractivity contribution in [1.29, 1.82) is 0 Å². The summed E-state index contributed by atoms with van der Waals surface area (Å²) < 4.78 is 27.5. The fourth-order valence-electron chi connectivity index (χ4n) is 5.32. The van der Waals surface area contributed by atoms with Gasteiger partial charge < -0.3 is 28.6 Å². The third-order valence-corrected chi connectivity index (χ3v) is 7.31. The van der Waals surface area contributed by atoms with Crippen molar-refractivity contribution in [3.63, 3.8) is 0 Å². The van der Waals surface area contributed by atoms with Crippen LogP contribution < -0.4 is 19.1 Å². The van der Waals surface area contributed by atoms with Crippen molar-refractivity contribution in [2.75, 3.05) is 25.9 Å². The van der Waals surface area contributed by atoms with Crippen LogP contribution in [0.5, 0.6) is 17.2 Å². The molecule has 1 fully saturated rings. The second kappa shape index (κ2) is 11.8. The Morgan fingerprint density at radius 1 is 1.07 bits per heavy atom. The largest absolute Gasteiger partial charge is 0.493 e. The van der Waals surface area contributed by atoms with Gasteiger partial charge in [0.25, 0.3) is 5.69 Å². The number of aryl methyl sites for hydroxylation is 1.